The number of hydrogen-bond donors (Lipinski definition) is 1. The van der Waals surface area contributed by atoms with Gasteiger partial charge in [-0.15, -0.1) is 0 Å². The van der Waals surface area contributed by atoms with Crippen molar-refractivity contribution >= 4 is 28.7 Å². The second kappa shape index (κ2) is 3.58. The number of rotatable bonds is 1. The van der Waals surface area contributed by atoms with Crippen LogP contribution in [0.4, 0.5) is 10.6 Å². The molecule has 0 atom stereocenters. The predicted molar refractivity (Wildman–Crippen MR) is 59.5 cm³/mol. The summed E-state index contributed by atoms with van der Waals surface area (Å²) in [7, 11) is 0. The van der Waals surface area contributed by atoms with E-state index in [9.17, 15) is 9.59 Å². The second-order valence-corrected chi connectivity index (χ2v) is 3.76. The van der Waals surface area contributed by atoms with Crippen LogP contribution in [0.1, 0.15) is 6.42 Å². The molecule has 0 saturated carbocycles. The number of imide groups is 1. The standard InChI is InChI=1S/C11H9N3O3/c15-9-5-6-14(11(16)12-9)10-7-3-1-2-4-8(7)17-13-10/h1-4H,5-6H2,(H,12,15,16). The molecule has 17 heavy (non-hydrogen) atoms. The Bertz CT molecular complexity index is 605. The predicted octanol–water partition coefficient (Wildman–Crippen LogP) is 1.27. The maximum Gasteiger partial charge on any atom is 0.329 e. The Kier molecular flexibility index (Phi) is 2.07. The molecular weight excluding hydrogens is 222 g/mol. The van der Waals surface area contributed by atoms with E-state index < -0.39 is 6.03 Å². The molecule has 1 N–H and O–H groups in total. The number of amides is 3. The quantitative estimate of drug-likeness (QED) is 0.802. The zero-order valence-electron chi connectivity index (χ0n) is 8.84. The first-order valence-electron chi connectivity index (χ1n) is 5.21. The summed E-state index contributed by atoms with van der Waals surface area (Å²) in [6.45, 7) is 0.321. The summed E-state index contributed by atoms with van der Waals surface area (Å²) in [5.41, 5.74) is 0.618. The van der Waals surface area contributed by atoms with E-state index in [-0.39, 0.29) is 12.3 Å². The molecule has 86 valence electrons. The van der Waals surface area contributed by atoms with E-state index in [1.54, 1.807) is 6.07 Å². The summed E-state index contributed by atoms with van der Waals surface area (Å²) in [6.07, 6.45) is 0.271. The SMILES string of the molecule is O=C1CCN(c2noc3ccccc23)C(=O)N1. The van der Waals surface area contributed by atoms with Crippen molar-refractivity contribution in [1.29, 1.82) is 0 Å². The van der Waals surface area contributed by atoms with E-state index >= 15 is 0 Å². The van der Waals surface area contributed by atoms with Crippen molar-refractivity contribution in [2.75, 3.05) is 11.4 Å². The van der Waals surface area contributed by atoms with Crippen LogP contribution in [-0.4, -0.2) is 23.6 Å². The molecule has 1 aromatic heterocycles. The Hall–Kier alpha value is -2.37. The van der Waals surface area contributed by atoms with E-state index in [1.807, 2.05) is 18.2 Å². The highest BCUT2D eigenvalue weighted by molar-refractivity contribution is 6.08. The number of benzene rings is 1. The van der Waals surface area contributed by atoms with Crippen molar-refractivity contribution in [2.45, 2.75) is 6.42 Å². The Morgan fingerprint density at radius 1 is 1.29 bits per heavy atom. The Labute approximate surface area is 96.2 Å². The third-order valence-corrected chi connectivity index (χ3v) is 2.67. The molecular formula is C11H9N3O3. The Morgan fingerprint density at radius 2 is 2.12 bits per heavy atom. The number of carbonyl (C=O) groups is 2. The van der Waals surface area contributed by atoms with E-state index in [0.29, 0.717) is 17.9 Å². The zero-order valence-corrected chi connectivity index (χ0v) is 8.84. The molecule has 2 heterocycles. The first-order valence-corrected chi connectivity index (χ1v) is 5.21. The van der Waals surface area contributed by atoms with Gasteiger partial charge in [0, 0.05) is 13.0 Å². The van der Waals surface area contributed by atoms with E-state index in [0.717, 1.165) is 5.39 Å². The summed E-state index contributed by atoms with van der Waals surface area (Å²) < 4.78 is 5.12. The smallest absolute Gasteiger partial charge is 0.329 e. The molecule has 1 aliphatic rings. The molecule has 3 amide bonds. The van der Waals surface area contributed by atoms with Crippen molar-refractivity contribution in [3.05, 3.63) is 24.3 Å². The highest BCUT2D eigenvalue weighted by Gasteiger charge is 2.27. The molecule has 0 unspecified atom stereocenters. The van der Waals surface area contributed by atoms with Gasteiger partial charge >= 0.3 is 6.03 Å². The van der Waals surface area contributed by atoms with Gasteiger partial charge in [-0.1, -0.05) is 17.3 Å². The fourth-order valence-electron chi connectivity index (χ4n) is 1.83. The minimum Gasteiger partial charge on any atom is -0.354 e. The van der Waals surface area contributed by atoms with Gasteiger partial charge in [0.1, 0.15) is 0 Å². The molecule has 1 aliphatic heterocycles. The monoisotopic (exact) mass is 231 g/mol. The summed E-state index contributed by atoms with van der Waals surface area (Å²) in [5.74, 6) is 0.185. The van der Waals surface area contributed by atoms with Crippen molar-refractivity contribution in [3.63, 3.8) is 0 Å². The van der Waals surface area contributed by atoms with Gasteiger partial charge in [0.15, 0.2) is 11.4 Å². The molecule has 6 nitrogen and oxygen atoms in total. The molecule has 0 bridgehead atoms. The third kappa shape index (κ3) is 1.54. The molecule has 3 rings (SSSR count). The van der Waals surface area contributed by atoms with E-state index in [2.05, 4.69) is 10.5 Å². The van der Waals surface area contributed by atoms with Gasteiger partial charge in [0.05, 0.1) is 5.39 Å². The molecule has 6 heteroatoms. The highest BCUT2D eigenvalue weighted by Crippen LogP contribution is 2.26. The maximum atomic E-state index is 11.7. The number of nitrogens with one attached hydrogen (secondary N) is 1. The summed E-state index contributed by atoms with van der Waals surface area (Å²) in [5, 5.41) is 6.88. The van der Waals surface area contributed by atoms with Crippen LogP contribution in [0.2, 0.25) is 0 Å². The highest BCUT2D eigenvalue weighted by atomic mass is 16.5. The minimum absolute atomic E-state index is 0.265. The maximum absolute atomic E-state index is 11.7. The average Bonchev–Trinajstić information content (AvgIpc) is 2.73. The van der Waals surface area contributed by atoms with Crippen LogP contribution < -0.4 is 10.2 Å². The van der Waals surface area contributed by atoms with Crippen LogP contribution in [0.25, 0.3) is 11.0 Å². The number of anilines is 1. The van der Waals surface area contributed by atoms with Gasteiger partial charge in [0.25, 0.3) is 0 Å². The summed E-state index contributed by atoms with van der Waals surface area (Å²) >= 11 is 0. The van der Waals surface area contributed by atoms with Crippen molar-refractivity contribution < 1.29 is 14.1 Å². The third-order valence-electron chi connectivity index (χ3n) is 2.67. The number of hydrogen-bond acceptors (Lipinski definition) is 4. The number of fused-ring (bicyclic) bond motifs is 1. The van der Waals surface area contributed by atoms with Crippen LogP contribution >= 0.6 is 0 Å². The number of carbonyl (C=O) groups excluding carboxylic acids is 2. The van der Waals surface area contributed by atoms with Crippen molar-refractivity contribution in [1.82, 2.24) is 10.5 Å². The van der Waals surface area contributed by atoms with Gasteiger partial charge < -0.3 is 4.52 Å². The average molecular weight is 231 g/mol. The Morgan fingerprint density at radius 3 is 2.94 bits per heavy atom. The van der Waals surface area contributed by atoms with Crippen LogP contribution in [-0.2, 0) is 4.79 Å². The summed E-state index contributed by atoms with van der Waals surface area (Å²) in [4.78, 5) is 24.1. The van der Waals surface area contributed by atoms with Gasteiger partial charge in [-0.25, -0.2) is 4.79 Å². The molecule has 1 saturated heterocycles. The van der Waals surface area contributed by atoms with E-state index in [1.165, 1.54) is 4.90 Å². The van der Waals surface area contributed by atoms with Crippen molar-refractivity contribution in [3.8, 4) is 0 Å². The van der Waals surface area contributed by atoms with Crippen LogP contribution in [0.3, 0.4) is 0 Å². The first kappa shape index (κ1) is 9.83. The molecule has 2 aromatic rings. The number of nitrogens with zero attached hydrogens (tertiary/aromatic N) is 2. The molecule has 0 aliphatic carbocycles. The molecule has 0 spiro atoms. The largest absolute Gasteiger partial charge is 0.354 e. The van der Waals surface area contributed by atoms with Gasteiger partial charge in [0.2, 0.25) is 5.91 Å². The van der Waals surface area contributed by atoms with Gasteiger partial charge in [-0.05, 0) is 12.1 Å². The lowest BCUT2D eigenvalue weighted by molar-refractivity contribution is -0.120. The molecule has 0 radical (unpaired) electrons. The number of urea groups is 1. The number of para-hydroxylation sites is 1. The van der Waals surface area contributed by atoms with Gasteiger partial charge in [-0.3, -0.25) is 15.0 Å². The number of aromatic nitrogens is 1. The normalized spacial score (nSPS) is 16.4. The van der Waals surface area contributed by atoms with Crippen molar-refractivity contribution in [2.24, 2.45) is 0 Å². The van der Waals surface area contributed by atoms with E-state index in [4.69, 9.17) is 4.52 Å². The first-order chi connectivity index (χ1) is 8.25. The zero-order chi connectivity index (χ0) is 11.8. The summed E-state index contributed by atoms with van der Waals surface area (Å²) in [6, 6.07) is 6.82. The molecule has 1 fully saturated rings. The lowest BCUT2D eigenvalue weighted by Gasteiger charge is -2.23. The van der Waals surface area contributed by atoms with Crippen LogP contribution in [0, 0.1) is 0 Å². The topological polar surface area (TPSA) is 75.4 Å². The minimum atomic E-state index is -0.458. The second-order valence-electron chi connectivity index (χ2n) is 3.76. The van der Waals surface area contributed by atoms with Crippen LogP contribution in [0.5, 0.6) is 0 Å². The lowest BCUT2D eigenvalue weighted by atomic mass is 10.2. The van der Waals surface area contributed by atoms with Gasteiger partial charge in [-0.2, -0.15) is 0 Å². The Balaban J connectivity index is 2.04. The fraction of sp³-hybridized carbons (Fsp3) is 0.182. The fourth-order valence-corrected chi connectivity index (χ4v) is 1.83. The van der Waals surface area contributed by atoms with Crippen LogP contribution in [0.15, 0.2) is 28.8 Å². The molecule has 1 aromatic carbocycles. The lowest BCUT2D eigenvalue weighted by Crippen LogP contribution is -2.49.